The smallest absolute Gasteiger partial charge is 0.257 e. The molecule has 3 aromatic rings. The van der Waals surface area contributed by atoms with E-state index in [0.29, 0.717) is 18.1 Å². The number of hydrogen-bond donors (Lipinski definition) is 2. The van der Waals surface area contributed by atoms with Crippen molar-refractivity contribution in [2.45, 2.75) is 20.8 Å². The Morgan fingerprint density at radius 1 is 1.19 bits per heavy atom. The number of benzene rings is 2. The minimum atomic E-state index is -0.288. The van der Waals surface area contributed by atoms with E-state index in [4.69, 9.17) is 17.0 Å². The van der Waals surface area contributed by atoms with Crippen molar-refractivity contribution < 1.29 is 9.53 Å². The van der Waals surface area contributed by atoms with Crippen molar-refractivity contribution >= 4 is 51.7 Å². The van der Waals surface area contributed by atoms with Crippen LogP contribution in [0.1, 0.15) is 29.8 Å². The summed E-state index contributed by atoms with van der Waals surface area (Å²) >= 11 is 6.43. The number of fused-ring (bicyclic) bond motifs is 1. The summed E-state index contributed by atoms with van der Waals surface area (Å²) in [5.41, 5.74) is 3.76. The summed E-state index contributed by atoms with van der Waals surface area (Å²) in [5.74, 6) is 0.890. The Labute approximate surface area is 167 Å². The second-order valence-corrected chi connectivity index (χ2v) is 7.46. The summed E-state index contributed by atoms with van der Waals surface area (Å²) in [7, 11) is 0. The number of amides is 1. The fourth-order valence-electron chi connectivity index (χ4n) is 2.40. The molecule has 140 valence electrons. The fraction of sp³-hybridized carbons (Fsp3) is 0.263. The first kappa shape index (κ1) is 19.2. The molecule has 0 atom stereocenters. The lowest BCUT2D eigenvalue weighted by atomic mass is 10.1. The van der Waals surface area contributed by atoms with Crippen LogP contribution >= 0.6 is 23.9 Å². The summed E-state index contributed by atoms with van der Waals surface area (Å²) in [5, 5.41) is 5.97. The minimum Gasteiger partial charge on any atom is -0.493 e. The van der Waals surface area contributed by atoms with Crippen LogP contribution < -0.4 is 15.4 Å². The molecule has 0 saturated heterocycles. The standard InChI is InChI=1S/C19H20N4O2S2/c1-11(2)10-25-14-7-5-13(6-8-14)18(24)21-19(26)20-16-12(3)4-9-15-17(16)23-27-22-15/h4-9,11H,10H2,1-3H3,(H2,20,21,24,26). The maximum absolute atomic E-state index is 12.4. The van der Waals surface area contributed by atoms with Crippen LogP contribution in [0.25, 0.3) is 11.0 Å². The van der Waals surface area contributed by atoms with E-state index in [9.17, 15) is 4.79 Å². The molecular weight excluding hydrogens is 380 g/mol. The largest absolute Gasteiger partial charge is 0.493 e. The van der Waals surface area contributed by atoms with Gasteiger partial charge in [0, 0.05) is 5.56 Å². The minimum absolute atomic E-state index is 0.212. The highest BCUT2D eigenvalue weighted by molar-refractivity contribution is 7.80. The van der Waals surface area contributed by atoms with Gasteiger partial charge in [0.2, 0.25) is 0 Å². The third kappa shape index (κ3) is 4.78. The number of ether oxygens (including phenoxy) is 1. The number of hydrogen-bond acceptors (Lipinski definition) is 6. The molecule has 2 N–H and O–H groups in total. The van der Waals surface area contributed by atoms with Gasteiger partial charge in [-0.1, -0.05) is 19.9 Å². The van der Waals surface area contributed by atoms with Crippen molar-refractivity contribution in [3.8, 4) is 5.75 Å². The van der Waals surface area contributed by atoms with Crippen molar-refractivity contribution in [2.24, 2.45) is 5.92 Å². The molecule has 1 aromatic heterocycles. The summed E-state index contributed by atoms with van der Waals surface area (Å²) in [6.07, 6.45) is 0. The maximum Gasteiger partial charge on any atom is 0.257 e. The molecule has 6 nitrogen and oxygen atoms in total. The van der Waals surface area contributed by atoms with Gasteiger partial charge in [-0.2, -0.15) is 8.75 Å². The van der Waals surface area contributed by atoms with Crippen LogP contribution in [-0.2, 0) is 0 Å². The van der Waals surface area contributed by atoms with E-state index >= 15 is 0 Å². The van der Waals surface area contributed by atoms with Crippen LogP contribution in [0.3, 0.4) is 0 Å². The highest BCUT2D eigenvalue weighted by atomic mass is 32.1. The lowest BCUT2D eigenvalue weighted by Gasteiger charge is -2.12. The molecule has 1 heterocycles. The normalized spacial score (nSPS) is 10.8. The van der Waals surface area contributed by atoms with Gasteiger partial charge < -0.3 is 10.1 Å². The molecule has 8 heteroatoms. The monoisotopic (exact) mass is 400 g/mol. The third-order valence-electron chi connectivity index (χ3n) is 3.80. The van der Waals surface area contributed by atoms with E-state index < -0.39 is 0 Å². The highest BCUT2D eigenvalue weighted by Gasteiger charge is 2.13. The highest BCUT2D eigenvalue weighted by Crippen LogP contribution is 2.25. The molecule has 1 amide bonds. The van der Waals surface area contributed by atoms with Crippen LogP contribution in [-0.4, -0.2) is 26.4 Å². The zero-order chi connectivity index (χ0) is 19.4. The zero-order valence-corrected chi connectivity index (χ0v) is 16.9. The number of nitrogens with one attached hydrogen (secondary N) is 2. The lowest BCUT2D eigenvalue weighted by molar-refractivity contribution is 0.0977. The molecule has 0 bridgehead atoms. The molecule has 27 heavy (non-hydrogen) atoms. The molecule has 0 aliphatic rings. The van der Waals surface area contributed by atoms with Crippen molar-refractivity contribution in [1.29, 1.82) is 0 Å². The average molecular weight is 401 g/mol. The molecule has 0 aliphatic heterocycles. The van der Waals surface area contributed by atoms with Gasteiger partial charge in [-0.05, 0) is 61.0 Å². The molecule has 0 fully saturated rings. The maximum atomic E-state index is 12.4. The number of anilines is 1. The number of aromatic nitrogens is 2. The van der Waals surface area contributed by atoms with E-state index in [2.05, 4.69) is 33.2 Å². The zero-order valence-electron chi connectivity index (χ0n) is 15.3. The first-order valence-corrected chi connectivity index (χ1v) is 9.65. The van der Waals surface area contributed by atoms with E-state index in [1.807, 2.05) is 19.1 Å². The second kappa shape index (κ2) is 8.41. The third-order valence-corrected chi connectivity index (χ3v) is 4.55. The van der Waals surface area contributed by atoms with Gasteiger partial charge in [0.15, 0.2) is 5.11 Å². The van der Waals surface area contributed by atoms with Gasteiger partial charge in [0.1, 0.15) is 16.8 Å². The summed E-state index contributed by atoms with van der Waals surface area (Å²) < 4.78 is 14.1. The molecule has 3 rings (SSSR count). The van der Waals surface area contributed by atoms with Gasteiger partial charge in [-0.15, -0.1) is 0 Å². The second-order valence-electron chi connectivity index (χ2n) is 6.53. The number of nitrogens with zero attached hydrogens (tertiary/aromatic N) is 2. The first-order valence-electron chi connectivity index (χ1n) is 8.51. The first-order chi connectivity index (χ1) is 12.9. The number of aryl methyl sites for hydroxylation is 1. The number of carbonyl (C=O) groups is 1. The van der Waals surface area contributed by atoms with Crippen molar-refractivity contribution in [1.82, 2.24) is 14.1 Å². The number of rotatable bonds is 5. The predicted octanol–water partition coefficient (Wildman–Crippen LogP) is 4.16. The Bertz CT molecular complexity index is 968. The van der Waals surface area contributed by atoms with E-state index in [-0.39, 0.29) is 11.0 Å². The molecule has 0 unspecified atom stereocenters. The van der Waals surface area contributed by atoms with E-state index in [1.165, 1.54) is 0 Å². The number of thiocarbonyl (C=S) groups is 1. The van der Waals surface area contributed by atoms with Crippen LogP contribution in [0.4, 0.5) is 5.69 Å². The topological polar surface area (TPSA) is 76.1 Å². The van der Waals surface area contributed by atoms with Gasteiger partial charge in [0.05, 0.1) is 24.0 Å². The van der Waals surface area contributed by atoms with E-state index in [0.717, 1.165) is 39.8 Å². The molecular formula is C19H20N4O2S2. The Kier molecular flexibility index (Phi) is 5.98. The predicted molar refractivity (Wildman–Crippen MR) is 113 cm³/mol. The van der Waals surface area contributed by atoms with Gasteiger partial charge >= 0.3 is 0 Å². The van der Waals surface area contributed by atoms with Crippen LogP contribution in [0, 0.1) is 12.8 Å². The molecule has 0 aliphatic carbocycles. The van der Waals surface area contributed by atoms with Crippen LogP contribution in [0.15, 0.2) is 36.4 Å². The summed E-state index contributed by atoms with van der Waals surface area (Å²) in [6.45, 7) is 6.75. The van der Waals surface area contributed by atoms with Gasteiger partial charge in [-0.25, -0.2) is 0 Å². The number of carbonyl (C=O) groups excluding carboxylic acids is 1. The van der Waals surface area contributed by atoms with Crippen LogP contribution in [0.5, 0.6) is 5.75 Å². The van der Waals surface area contributed by atoms with Crippen LogP contribution in [0.2, 0.25) is 0 Å². The quantitative estimate of drug-likeness (QED) is 0.626. The molecule has 0 radical (unpaired) electrons. The van der Waals surface area contributed by atoms with Crippen molar-refractivity contribution in [3.63, 3.8) is 0 Å². The molecule has 2 aromatic carbocycles. The Balaban J connectivity index is 1.64. The SMILES string of the molecule is Cc1ccc2nsnc2c1NC(=S)NC(=O)c1ccc(OCC(C)C)cc1. The molecule has 0 spiro atoms. The Morgan fingerprint density at radius 2 is 1.93 bits per heavy atom. The fourth-order valence-corrected chi connectivity index (χ4v) is 3.13. The Morgan fingerprint density at radius 3 is 2.63 bits per heavy atom. The molecule has 0 saturated carbocycles. The Hall–Kier alpha value is -2.58. The summed E-state index contributed by atoms with van der Waals surface area (Å²) in [6, 6.07) is 10.8. The van der Waals surface area contributed by atoms with Gasteiger partial charge in [0.25, 0.3) is 5.91 Å². The van der Waals surface area contributed by atoms with Crippen molar-refractivity contribution in [2.75, 3.05) is 11.9 Å². The lowest BCUT2D eigenvalue weighted by Crippen LogP contribution is -2.34. The van der Waals surface area contributed by atoms with E-state index in [1.54, 1.807) is 24.3 Å². The van der Waals surface area contributed by atoms with Gasteiger partial charge in [-0.3, -0.25) is 10.1 Å². The summed E-state index contributed by atoms with van der Waals surface area (Å²) in [4.78, 5) is 12.4. The van der Waals surface area contributed by atoms with Crippen molar-refractivity contribution in [3.05, 3.63) is 47.5 Å². The average Bonchev–Trinajstić information content (AvgIpc) is 3.11.